The second kappa shape index (κ2) is 7.76. The Balaban J connectivity index is 2.12. The van der Waals surface area contributed by atoms with Crippen molar-refractivity contribution < 1.29 is 17.9 Å². The van der Waals surface area contributed by atoms with Crippen LogP contribution in [0.1, 0.15) is 6.92 Å². The predicted molar refractivity (Wildman–Crippen MR) is 86.9 cm³/mol. The smallest absolute Gasteiger partial charge is 0.243 e. The molecule has 23 heavy (non-hydrogen) atoms. The van der Waals surface area contributed by atoms with Gasteiger partial charge >= 0.3 is 0 Å². The van der Waals surface area contributed by atoms with E-state index in [-0.39, 0.29) is 23.9 Å². The monoisotopic (exact) mass is 341 g/mol. The third-order valence-corrected chi connectivity index (χ3v) is 5.77. The molecule has 1 fully saturated rings. The highest BCUT2D eigenvalue weighted by molar-refractivity contribution is 7.89. The first-order valence-electron chi connectivity index (χ1n) is 7.61. The van der Waals surface area contributed by atoms with Gasteiger partial charge in [-0.2, -0.15) is 4.31 Å². The normalized spacial score (nSPS) is 15.7. The molecule has 1 amide bonds. The summed E-state index contributed by atoms with van der Waals surface area (Å²) in [5.74, 6) is 0.425. The SMILES string of the molecule is CCN(CC(=O)N1CCNCC1)S(=O)(=O)c1ccc(OC)cc1. The quantitative estimate of drug-likeness (QED) is 0.796. The lowest BCUT2D eigenvalue weighted by atomic mass is 10.3. The molecule has 1 heterocycles. The van der Waals surface area contributed by atoms with Gasteiger partial charge in [0, 0.05) is 32.7 Å². The van der Waals surface area contributed by atoms with Crippen molar-refractivity contribution in [1.82, 2.24) is 14.5 Å². The minimum absolute atomic E-state index is 0.134. The molecule has 1 aliphatic heterocycles. The van der Waals surface area contributed by atoms with E-state index in [2.05, 4.69) is 5.32 Å². The average molecular weight is 341 g/mol. The topological polar surface area (TPSA) is 79.0 Å². The number of sulfonamides is 1. The number of carbonyl (C=O) groups is 1. The number of hydrogen-bond acceptors (Lipinski definition) is 5. The van der Waals surface area contributed by atoms with E-state index in [9.17, 15) is 13.2 Å². The number of rotatable bonds is 6. The lowest BCUT2D eigenvalue weighted by molar-refractivity contribution is -0.131. The zero-order valence-electron chi connectivity index (χ0n) is 13.5. The van der Waals surface area contributed by atoms with Crippen LogP contribution in [0.2, 0.25) is 0 Å². The van der Waals surface area contributed by atoms with Gasteiger partial charge < -0.3 is 15.0 Å². The molecule has 7 nitrogen and oxygen atoms in total. The minimum atomic E-state index is -3.70. The van der Waals surface area contributed by atoms with Crippen molar-refractivity contribution in [3.8, 4) is 5.75 Å². The van der Waals surface area contributed by atoms with Crippen LogP contribution in [-0.2, 0) is 14.8 Å². The Morgan fingerprint density at radius 3 is 2.39 bits per heavy atom. The summed E-state index contributed by atoms with van der Waals surface area (Å²) in [6.45, 7) is 4.54. The van der Waals surface area contributed by atoms with E-state index in [4.69, 9.17) is 4.74 Å². The van der Waals surface area contributed by atoms with Crippen molar-refractivity contribution in [2.45, 2.75) is 11.8 Å². The van der Waals surface area contributed by atoms with Crippen LogP contribution in [0.4, 0.5) is 0 Å². The number of likely N-dealkylation sites (N-methyl/N-ethyl adjacent to an activating group) is 1. The Kier molecular flexibility index (Phi) is 5.97. The second-order valence-electron chi connectivity index (χ2n) is 5.24. The zero-order valence-corrected chi connectivity index (χ0v) is 14.3. The standard InChI is InChI=1S/C15H23N3O4S/c1-3-18(12-15(19)17-10-8-16-9-11-17)23(20,21)14-6-4-13(22-2)5-7-14/h4-7,16H,3,8-12H2,1-2H3. The fourth-order valence-corrected chi connectivity index (χ4v) is 3.83. The Hall–Kier alpha value is -1.64. The maximum Gasteiger partial charge on any atom is 0.243 e. The molecule has 0 aliphatic carbocycles. The van der Waals surface area contributed by atoms with E-state index in [1.807, 2.05) is 0 Å². The molecule has 0 unspecified atom stereocenters. The molecule has 1 N–H and O–H groups in total. The lowest BCUT2D eigenvalue weighted by Gasteiger charge is -2.29. The average Bonchev–Trinajstić information content (AvgIpc) is 2.60. The first-order valence-corrected chi connectivity index (χ1v) is 9.05. The Labute approximate surface area is 137 Å². The number of hydrogen-bond donors (Lipinski definition) is 1. The molecule has 1 saturated heterocycles. The largest absolute Gasteiger partial charge is 0.497 e. The Morgan fingerprint density at radius 1 is 1.26 bits per heavy atom. The fourth-order valence-electron chi connectivity index (χ4n) is 2.43. The molecule has 0 spiro atoms. The third-order valence-electron chi connectivity index (χ3n) is 3.83. The molecule has 0 aromatic heterocycles. The highest BCUT2D eigenvalue weighted by Gasteiger charge is 2.27. The van der Waals surface area contributed by atoms with Gasteiger partial charge in [-0.05, 0) is 24.3 Å². The van der Waals surface area contributed by atoms with Gasteiger partial charge in [0.25, 0.3) is 0 Å². The predicted octanol–water partition coefficient (Wildman–Crippen LogP) is 0.138. The summed E-state index contributed by atoms with van der Waals surface area (Å²) >= 11 is 0. The molecule has 128 valence electrons. The molecule has 8 heteroatoms. The number of amides is 1. The number of methoxy groups -OCH3 is 1. The van der Waals surface area contributed by atoms with Gasteiger partial charge in [-0.1, -0.05) is 6.92 Å². The fraction of sp³-hybridized carbons (Fsp3) is 0.533. The van der Waals surface area contributed by atoms with E-state index in [0.717, 1.165) is 13.1 Å². The highest BCUT2D eigenvalue weighted by Crippen LogP contribution is 2.19. The summed E-state index contributed by atoms with van der Waals surface area (Å²) in [6.07, 6.45) is 0. The van der Waals surface area contributed by atoms with Crippen molar-refractivity contribution in [3.05, 3.63) is 24.3 Å². The van der Waals surface area contributed by atoms with E-state index < -0.39 is 10.0 Å². The lowest BCUT2D eigenvalue weighted by Crippen LogP contribution is -2.50. The summed E-state index contributed by atoms with van der Waals surface area (Å²) in [7, 11) is -2.17. The van der Waals surface area contributed by atoms with Gasteiger partial charge in [-0.15, -0.1) is 0 Å². The van der Waals surface area contributed by atoms with Gasteiger partial charge in [0.05, 0.1) is 18.6 Å². The van der Waals surface area contributed by atoms with E-state index in [0.29, 0.717) is 18.8 Å². The maximum absolute atomic E-state index is 12.7. The van der Waals surface area contributed by atoms with E-state index in [1.54, 1.807) is 24.0 Å². The number of carbonyl (C=O) groups excluding carboxylic acids is 1. The number of piperazine rings is 1. The first kappa shape index (κ1) is 17.7. The summed E-state index contributed by atoms with van der Waals surface area (Å²) < 4.78 is 31.6. The number of nitrogens with zero attached hydrogens (tertiary/aromatic N) is 2. The van der Waals surface area contributed by atoms with Crippen LogP contribution in [0, 0.1) is 0 Å². The molecule has 0 radical (unpaired) electrons. The second-order valence-corrected chi connectivity index (χ2v) is 7.18. The Bertz CT molecular complexity index is 625. The van der Waals surface area contributed by atoms with Crippen molar-refractivity contribution in [3.63, 3.8) is 0 Å². The van der Waals surface area contributed by atoms with Crippen LogP contribution in [0.3, 0.4) is 0 Å². The number of ether oxygens (including phenoxy) is 1. The molecule has 1 aromatic carbocycles. The first-order chi connectivity index (χ1) is 11.0. The Morgan fingerprint density at radius 2 is 1.87 bits per heavy atom. The van der Waals surface area contributed by atoms with Crippen molar-refractivity contribution >= 4 is 15.9 Å². The molecule has 0 bridgehead atoms. The van der Waals surface area contributed by atoms with Crippen LogP contribution >= 0.6 is 0 Å². The summed E-state index contributed by atoms with van der Waals surface area (Å²) in [4.78, 5) is 14.2. The molecule has 1 aromatic rings. The van der Waals surface area contributed by atoms with E-state index >= 15 is 0 Å². The maximum atomic E-state index is 12.7. The summed E-state index contributed by atoms with van der Waals surface area (Å²) in [5.41, 5.74) is 0. The third kappa shape index (κ3) is 4.21. The summed E-state index contributed by atoms with van der Waals surface area (Å²) in [5, 5.41) is 3.17. The van der Waals surface area contributed by atoms with Crippen molar-refractivity contribution in [2.24, 2.45) is 0 Å². The van der Waals surface area contributed by atoms with Crippen molar-refractivity contribution in [1.29, 1.82) is 0 Å². The van der Waals surface area contributed by atoms with Crippen LogP contribution in [0.15, 0.2) is 29.2 Å². The molecular weight excluding hydrogens is 318 g/mol. The molecular formula is C15H23N3O4S. The van der Waals surface area contributed by atoms with Gasteiger partial charge in [0.15, 0.2) is 0 Å². The van der Waals surface area contributed by atoms with Gasteiger partial charge in [-0.3, -0.25) is 4.79 Å². The van der Waals surface area contributed by atoms with Gasteiger partial charge in [-0.25, -0.2) is 8.42 Å². The van der Waals surface area contributed by atoms with Crippen LogP contribution in [0.5, 0.6) is 5.75 Å². The van der Waals surface area contributed by atoms with Crippen molar-refractivity contribution in [2.75, 3.05) is 46.4 Å². The minimum Gasteiger partial charge on any atom is -0.497 e. The van der Waals surface area contributed by atoms with E-state index in [1.165, 1.54) is 23.5 Å². The molecule has 0 atom stereocenters. The van der Waals surface area contributed by atoms with Gasteiger partial charge in [0.2, 0.25) is 15.9 Å². The number of benzene rings is 1. The summed E-state index contributed by atoms with van der Waals surface area (Å²) in [6, 6.07) is 6.18. The van der Waals surface area contributed by atoms with Gasteiger partial charge in [0.1, 0.15) is 5.75 Å². The molecule has 0 saturated carbocycles. The van der Waals surface area contributed by atoms with Crippen LogP contribution < -0.4 is 10.1 Å². The van der Waals surface area contributed by atoms with Crippen LogP contribution in [-0.4, -0.2) is 69.9 Å². The number of nitrogens with one attached hydrogen (secondary N) is 1. The molecule has 1 aliphatic rings. The molecule has 2 rings (SSSR count). The van der Waals surface area contributed by atoms with Crippen LogP contribution in [0.25, 0.3) is 0 Å². The zero-order chi connectivity index (χ0) is 16.9. The highest BCUT2D eigenvalue weighted by atomic mass is 32.2.